The number of nitrogens with one attached hydrogen (secondary N) is 1. The minimum Gasteiger partial charge on any atom is -0.455 e. The van der Waals surface area contributed by atoms with Crippen LogP contribution in [0.3, 0.4) is 0 Å². The van der Waals surface area contributed by atoms with E-state index in [-0.39, 0.29) is 48.7 Å². The first-order valence-corrected chi connectivity index (χ1v) is 18.7. The molecule has 2 bridgehead atoms. The van der Waals surface area contributed by atoms with Gasteiger partial charge in [0.15, 0.2) is 0 Å². The number of alkyl halides is 1. The Hall–Kier alpha value is -3.06. The molecule has 3 saturated heterocycles. The summed E-state index contributed by atoms with van der Waals surface area (Å²) < 4.78 is 18.5. The highest BCUT2D eigenvalue weighted by molar-refractivity contribution is 9.09. The number of rotatable bonds is 20. The number of amides is 3. The van der Waals surface area contributed by atoms with Crippen molar-refractivity contribution >= 4 is 39.6 Å². The van der Waals surface area contributed by atoms with Crippen LogP contribution >= 0.6 is 15.9 Å². The number of fused-ring (bicyclic) bond motifs is 1. The molecule has 3 heterocycles. The third-order valence-electron chi connectivity index (χ3n) is 10.2. The summed E-state index contributed by atoms with van der Waals surface area (Å²) in [6.45, 7) is 13.9. The molecular formula is C38H54BrN3O8. The van der Waals surface area contributed by atoms with Crippen molar-refractivity contribution < 1.29 is 38.5 Å². The van der Waals surface area contributed by atoms with Crippen LogP contribution in [-0.2, 0) is 33.4 Å². The summed E-state index contributed by atoms with van der Waals surface area (Å²) in [5.74, 6) is -3.86. The van der Waals surface area contributed by atoms with Crippen LogP contribution in [0.25, 0.3) is 0 Å². The number of aliphatic hydroxyl groups excluding tert-OH is 1. The number of likely N-dealkylation sites (tertiary alicyclic amines) is 1. The number of nitrogens with zero attached hydrogens (tertiary/aromatic N) is 2. The Balaban J connectivity index is 1.75. The molecule has 0 aromatic heterocycles. The fourth-order valence-electron chi connectivity index (χ4n) is 7.89. The van der Waals surface area contributed by atoms with Gasteiger partial charge in [-0.3, -0.25) is 19.2 Å². The molecule has 2 N–H and O–H groups in total. The van der Waals surface area contributed by atoms with E-state index >= 15 is 0 Å². The zero-order valence-corrected chi connectivity index (χ0v) is 31.4. The smallest absolute Gasteiger partial charge is 0.313 e. The van der Waals surface area contributed by atoms with Crippen molar-refractivity contribution in [1.29, 1.82) is 0 Å². The summed E-state index contributed by atoms with van der Waals surface area (Å²) in [5.41, 5.74) is -0.684. The Labute approximate surface area is 304 Å². The lowest BCUT2D eigenvalue weighted by Crippen LogP contribution is -2.60. The number of carbonyl (C=O) groups excluding carboxylic acids is 4. The molecule has 1 aromatic rings. The van der Waals surface area contributed by atoms with Crippen molar-refractivity contribution in [2.45, 2.75) is 100 Å². The van der Waals surface area contributed by atoms with E-state index in [0.717, 1.165) is 19.3 Å². The van der Waals surface area contributed by atoms with Crippen LogP contribution in [0.15, 0.2) is 55.6 Å². The van der Waals surface area contributed by atoms with E-state index in [9.17, 15) is 24.3 Å². The van der Waals surface area contributed by atoms with Crippen LogP contribution in [0.1, 0.15) is 71.0 Å². The fraction of sp³-hybridized carbons (Fsp3) is 0.632. The largest absolute Gasteiger partial charge is 0.455 e. The Morgan fingerprint density at radius 3 is 2.52 bits per heavy atom. The van der Waals surface area contributed by atoms with Gasteiger partial charge in [0.05, 0.1) is 43.2 Å². The van der Waals surface area contributed by atoms with Crippen molar-refractivity contribution in [1.82, 2.24) is 15.1 Å². The van der Waals surface area contributed by atoms with Crippen LogP contribution < -0.4 is 5.32 Å². The van der Waals surface area contributed by atoms with Gasteiger partial charge >= 0.3 is 5.97 Å². The number of unbranched alkanes of at least 4 members (excludes halogenated alkanes) is 2. The number of ether oxygens (including phenoxy) is 3. The van der Waals surface area contributed by atoms with Gasteiger partial charge < -0.3 is 34.4 Å². The molecule has 4 rings (SSSR count). The van der Waals surface area contributed by atoms with Crippen molar-refractivity contribution in [3.05, 3.63) is 61.2 Å². The highest BCUT2D eigenvalue weighted by atomic mass is 79.9. The van der Waals surface area contributed by atoms with E-state index in [1.165, 1.54) is 12.0 Å². The summed E-state index contributed by atoms with van der Waals surface area (Å²) in [6, 6.07) is 6.61. The number of carbonyl (C=O) groups is 4. The van der Waals surface area contributed by atoms with Crippen LogP contribution in [0.4, 0.5) is 0 Å². The third-order valence-corrected chi connectivity index (χ3v) is 11.1. The van der Waals surface area contributed by atoms with Crippen molar-refractivity contribution in [3.8, 4) is 0 Å². The second-order valence-electron chi connectivity index (χ2n) is 13.9. The summed E-state index contributed by atoms with van der Waals surface area (Å²) in [6.07, 6.45) is 5.34. The summed E-state index contributed by atoms with van der Waals surface area (Å²) in [4.78, 5) is 59.7. The van der Waals surface area contributed by atoms with Gasteiger partial charge in [0.2, 0.25) is 17.7 Å². The van der Waals surface area contributed by atoms with Crippen molar-refractivity contribution in [2.24, 2.45) is 17.8 Å². The second kappa shape index (κ2) is 17.9. The molecule has 12 heteroatoms. The summed E-state index contributed by atoms with van der Waals surface area (Å²) >= 11 is 3.74. The van der Waals surface area contributed by atoms with E-state index in [1.54, 1.807) is 29.2 Å². The third kappa shape index (κ3) is 8.03. The van der Waals surface area contributed by atoms with Crippen LogP contribution in [0, 0.1) is 17.8 Å². The lowest BCUT2D eigenvalue weighted by atomic mass is 9.70. The minimum atomic E-state index is -1.32. The van der Waals surface area contributed by atoms with E-state index < -0.39 is 59.6 Å². The minimum absolute atomic E-state index is 0.0543. The standard InChI is InChI=1S/C38H54BrN3O8/c1-7-10-15-20-41(19-9-3)36(46)34-38-21-26(39)33(50-38)30(31(38)35(45)42(34)28(22-43)24(4)5)37(47)49-32(25-16-13-12-14-17-25)27(23-48-6)40-29(44)18-11-8-2/h8-9,12-14,16-17,24,26-28,30-34,43H,2-3,7,10-11,15,18-23H2,1,4-6H3,(H,40,44)/t26?,27-,28-,30+,31-,32-,33+,34+,38-/m0/s1. The number of allylic oxidation sites excluding steroid dienone is 1. The quantitative estimate of drug-likeness (QED) is 0.0869. The SMILES string of the molecule is C=CCCC(=O)N[C@@H](COC)[C@@H](OC(=O)[C@H]1[C@@H]2O[C@@]3(CC2Br)[C@@H]1C(=O)N([C@@H](CO)C(C)C)[C@@H]3C(=O)N(CC=C)CCCCC)c1ccccc1. The molecular weight excluding hydrogens is 706 g/mol. The van der Waals surface area contributed by atoms with Crippen LogP contribution in [0.5, 0.6) is 0 Å². The Morgan fingerprint density at radius 1 is 1.20 bits per heavy atom. The molecule has 11 nitrogen and oxygen atoms in total. The number of methoxy groups -OCH3 is 1. The second-order valence-corrected chi connectivity index (χ2v) is 15.1. The Kier molecular flexibility index (Phi) is 14.2. The summed E-state index contributed by atoms with van der Waals surface area (Å²) in [5, 5.41) is 13.6. The molecule has 9 atom stereocenters. The average Bonchev–Trinajstić information content (AvgIpc) is 3.69. The molecule has 50 heavy (non-hydrogen) atoms. The zero-order valence-electron chi connectivity index (χ0n) is 29.8. The maximum atomic E-state index is 14.7. The van der Waals surface area contributed by atoms with Crippen molar-refractivity contribution in [2.75, 3.05) is 33.4 Å². The van der Waals surface area contributed by atoms with Crippen LogP contribution in [-0.4, -0.2) is 107 Å². The lowest BCUT2D eigenvalue weighted by molar-refractivity contribution is -0.163. The molecule has 1 aromatic carbocycles. The molecule has 1 unspecified atom stereocenters. The molecule has 1 spiro atoms. The maximum Gasteiger partial charge on any atom is 0.313 e. The van der Waals surface area contributed by atoms with Gasteiger partial charge in [0, 0.05) is 31.4 Å². The van der Waals surface area contributed by atoms with E-state index in [1.807, 2.05) is 32.0 Å². The van der Waals surface area contributed by atoms with Gasteiger partial charge in [-0.05, 0) is 30.7 Å². The van der Waals surface area contributed by atoms with E-state index in [2.05, 4.69) is 41.3 Å². The molecule has 3 fully saturated rings. The first-order valence-electron chi connectivity index (χ1n) is 17.8. The average molecular weight is 761 g/mol. The van der Waals surface area contributed by atoms with Gasteiger partial charge in [0.1, 0.15) is 17.7 Å². The highest BCUT2D eigenvalue weighted by Crippen LogP contribution is 2.61. The number of benzene rings is 1. The van der Waals surface area contributed by atoms with Gasteiger partial charge in [-0.2, -0.15) is 0 Å². The number of aliphatic hydroxyl groups is 1. The molecule has 0 saturated carbocycles. The molecule has 0 aliphatic carbocycles. The summed E-state index contributed by atoms with van der Waals surface area (Å²) in [7, 11) is 1.50. The number of esters is 1. The van der Waals surface area contributed by atoms with Crippen LogP contribution in [0.2, 0.25) is 0 Å². The predicted octanol–water partition coefficient (Wildman–Crippen LogP) is 4.34. The Bertz CT molecular complexity index is 1360. The van der Waals surface area contributed by atoms with Gasteiger partial charge in [-0.15, -0.1) is 13.2 Å². The number of hydrogen-bond donors (Lipinski definition) is 2. The first-order chi connectivity index (χ1) is 24.0. The number of hydrogen-bond acceptors (Lipinski definition) is 8. The molecule has 3 amide bonds. The maximum absolute atomic E-state index is 14.7. The van der Waals surface area contributed by atoms with E-state index in [4.69, 9.17) is 14.2 Å². The van der Waals surface area contributed by atoms with Gasteiger partial charge in [0.25, 0.3) is 0 Å². The molecule has 0 radical (unpaired) electrons. The van der Waals surface area contributed by atoms with Gasteiger partial charge in [-0.1, -0.05) is 92.0 Å². The molecule has 3 aliphatic heterocycles. The predicted molar refractivity (Wildman–Crippen MR) is 193 cm³/mol. The monoisotopic (exact) mass is 759 g/mol. The van der Waals surface area contributed by atoms with Crippen molar-refractivity contribution in [3.63, 3.8) is 0 Å². The topological polar surface area (TPSA) is 135 Å². The van der Waals surface area contributed by atoms with Gasteiger partial charge in [-0.25, -0.2) is 0 Å². The normalized spacial score (nSPS) is 27.1. The molecule has 276 valence electrons. The Morgan fingerprint density at radius 2 is 1.92 bits per heavy atom. The molecule has 3 aliphatic rings. The highest BCUT2D eigenvalue weighted by Gasteiger charge is 2.77. The fourth-order valence-corrected chi connectivity index (χ4v) is 8.83. The zero-order chi connectivity index (χ0) is 36.6. The lowest BCUT2D eigenvalue weighted by Gasteiger charge is -2.40. The first kappa shape index (κ1) is 39.7. The number of halogens is 1. The van der Waals surface area contributed by atoms with E-state index in [0.29, 0.717) is 24.9 Å².